The zero-order chi connectivity index (χ0) is 17.9. The van der Waals surface area contributed by atoms with E-state index in [0.29, 0.717) is 12.2 Å². The first-order valence-electron chi connectivity index (χ1n) is 8.30. The summed E-state index contributed by atoms with van der Waals surface area (Å²) in [7, 11) is 0. The number of para-hydroxylation sites is 1. The van der Waals surface area contributed by atoms with Crippen molar-refractivity contribution in [1.29, 1.82) is 0 Å². The van der Waals surface area contributed by atoms with Gasteiger partial charge in [-0.3, -0.25) is 4.79 Å². The average Bonchev–Trinajstić information content (AvgIpc) is 3.26. The van der Waals surface area contributed by atoms with Crippen molar-refractivity contribution in [2.75, 3.05) is 6.61 Å². The van der Waals surface area contributed by atoms with Gasteiger partial charge < -0.3 is 14.1 Å². The summed E-state index contributed by atoms with van der Waals surface area (Å²) >= 11 is 0. The van der Waals surface area contributed by atoms with Crippen molar-refractivity contribution >= 4 is 34.0 Å². The molecule has 0 aliphatic heterocycles. The van der Waals surface area contributed by atoms with Crippen LogP contribution in [-0.4, -0.2) is 23.7 Å². The highest BCUT2D eigenvalue weighted by Gasteiger charge is 2.12. The van der Waals surface area contributed by atoms with E-state index >= 15 is 0 Å². The number of rotatable bonds is 5. The summed E-state index contributed by atoms with van der Waals surface area (Å²) in [6.45, 7) is 2.50. The average molecular weight is 347 g/mol. The Bertz CT molecular complexity index is 1110. The molecule has 0 aliphatic carbocycles. The number of hydrogen-bond acceptors (Lipinski definition) is 4. The minimum atomic E-state index is -0.407. The monoisotopic (exact) mass is 347 g/mol. The molecule has 6 nitrogen and oxygen atoms in total. The van der Waals surface area contributed by atoms with Crippen LogP contribution in [0.25, 0.3) is 21.9 Å². The Kier molecular flexibility index (Phi) is 4.15. The Balaban J connectivity index is 1.50. The van der Waals surface area contributed by atoms with Crippen LogP contribution in [0, 0.1) is 0 Å². The predicted octanol–water partition coefficient (Wildman–Crippen LogP) is 4.08. The lowest BCUT2D eigenvalue weighted by Gasteiger charge is -2.00. The van der Waals surface area contributed by atoms with E-state index in [4.69, 9.17) is 9.15 Å². The molecule has 2 aromatic heterocycles. The molecule has 0 saturated heterocycles. The Morgan fingerprint density at radius 1 is 1.27 bits per heavy atom. The molecule has 4 aromatic rings. The van der Waals surface area contributed by atoms with Crippen LogP contribution in [0.2, 0.25) is 0 Å². The van der Waals surface area contributed by atoms with E-state index in [0.717, 1.165) is 27.6 Å². The molecule has 130 valence electrons. The number of hydrogen-bond donors (Lipinski definition) is 2. The number of carbonyl (C=O) groups is 1. The van der Waals surface area contributed by atoms with E-state index in [1.807, 2.05) is 49.5 Å². The van der Waals surface area contributed by atoms with Gasteiger partial charge in [-0.05, 0) is 37.3 Å². The third-order valence-electron chi connectivity index (χ3n) is 4.01. The van der Waals surface area contributed by atoms with Crippen molar-refractivity contribution in [1.82, 2.24) is 10.4 Å². The molecule has 0 fully saturated rings. The smallest absolute Gasteiger partial charge is 0.307 e. The molecule has 4 rings (SSSR count). The van der Waals surface area contributed by atoms with Gasteiger partial charge in [-0.1, -0.05) is 18.2 Å². The maximum atomic E-state index is 12.3. The largest absolute Gasteiger partial charge is 0.494 e. The van der Waals surface area contributed by atoms with Crippen LogP contribution >= 0.6 is 0 Å². The molecule has 0 bridgehead atoms. The van der Waals surface area contributed by atoms with Gasteiger partial charge in [0.25, 0.3) is 0 Å². The summed E-state index contributed by atoms with van der Waals surface area (Å²) in [5, 5.41) is 5.87. The normalized spacial score (nSPS) is 11.4. The molecule has 2 N–H and O–H groups in total. The standard InChI is InChI=1S/C20H17N3O3/c1-2-25-15-7-8-18-13(9-15)10-19(26-18)20(24)23-22-12-14-11-21-17-6-4-3-5-16(14)17/h3-12,21H,2H2,1H3,(H,23,24)/b22-12+. The zero-order valence-corrected chi connectivity index (χ0v) is 14.2. The van der Waals surface area contributed by atoms with E-state index in [1.54, 1.807) is 18.3 Å². The van der Waals surface area contributed by atoms with Gasteiger partial charge in [0, 0.05) is 28.0 Å². The number of aromatic amines is 1. The quantitative estimate of drug-likeness (QED) is 0.422. The molecule has 2 heterocycles. The second-order valence-corrected chi connectivity index (χ2v) is 5.73. The van der Waals surface area contributed by atoms with Gasteiger partial charge in [0.1, 0.15) is 11.3 Å². The number of benzene rings is 2. The Morgan fingerprint density at radius 3 is 3.04 bits per heavy atom. The fourth-order valence-corrected chi connectivity index (χ4v) is 2.81. The summed E-state index contributed by atoms with van der Waals surface area (Å²) in [6, 6.07) is 15.0. The number of nitrogens with one attached hydrogen (secondary N) is 2. The number of carbonyl (C=O) groups excluding carboxylic acids is 1. The van der Waals surface area contributed by atoms with Crippen LogP contribution < -0.4 is 10.2 Å². The molecule has 0 atom stereocenters. The number of aromatic nitrogens is 1. The van der Waals surface area contributed by atoms with Gasteiger partial charge in [-0.25, -0.2) is 5.43 Å². The lowest BCUT2D eigenvalue weighted by atomic mass is 10.2. The Morgan fingerprint density at radius 2 is 2.15 bits per heavy atom. The summed E-state index contributed by atoms with van der Waals surface area (Å²) in [4.78, 5) is 15.4. The zero-order valence-electron chi connectivity index (χ0n) is 14.2. The number of hydrazone groups is 1. The Hall–Kier alpha value is -3.54. The van der Waals surface area contributed by atoms with Crippen LogP contribution in [0.15, 0.2) is 64.2 Å². The van der Waals surface area contributed by atoms with Crippen LogP contribution in [0.5, 0.6) is 5.75 Å². The van der Waals surface area contributed by atoms with E-state index < -0.39 is 5.91 Å². The highest BCUT2D eigenvalue weighted by Crippen LogP contribution is 2.24. The summed E-state index contributed by atoms with van der Waals surface area (Å²) in [5.74, 6) is 0.532. The number of fused-ring (bicyclic) bond motifs is 2. The van der Waals surface area contributed by atoms with Crippen molar-refractivity contribution in [3.05, 3.63) is 66.1 Å². The maximum absolute atomic E-state index is 12.3. The molecular formula is C20H17N3O3. The molecule has 6 heteroatoms. The molecule has 0 aliphatic rings. The van der Waals surface area contributed by atoms with E-state index in [1.165, 1.54) is 0 Å². The fraction of sp³-hybridized carbons (Fsp3) is 0.100. The molecule has 0 unspecified atom stereocenters. The fourth-order valence-electron chi connectivity index (χ4n) is 2.81. The van der Waals surface area contributed by atoms with Crippen molar-refractivity contribution < 1.29 is 13.9 Å². The highest BCUT2D eigenvalue weighted by atomic mass is 16.5. The minimum Gasteiger partial charge on any atom is -0.494 e. The lowest BCUT2D eigenvalue weighted by molar-refractivity contribution is 0.0929. The number of H-pyrrole nitrogens is 1. The predicted molar refractivity (Wildman–Crippen MR) is 101 cm³/mol. The number of nitrogens with zero attached hydrogens (tertiary/aromatic N) is 1. The summed E-state index contributed by atoms with van der Waals surface area (Å²) in [5.41, 5.74) is 5.03. The van der Waals surface area contributed by atoms with Crippen molar-refractivity contribution in [3.8, 4) is 5.75 Å². The van der Waals surface area contributed by atoms with Gasteiger partial charge in [0.05, 0.1) is 12.8 Å². The molecule has 26 heavy (non-hydrogen) atoms. The molecule has 0 saturated carbocycles. The molecule has 2 aromatic carbocycles. The van der Waals surface area contributed by atoms with Gasteiger partial charge in [0.15, 0.2) is 5.76 Å². The minimum absolute atomic E-state index is 0.199. The molecule has 0 spiro atoms. The summed E-state index contributed by atoms with van der Waals surface area (Å²) < 4.78 is 11.0. The van der Waals surface area contributed by atoms with E-state index in [2.05, 4.69) is 15.5 Å². The maximum Gasteiger partial charge on any atom is 0.307 e. The SMILES string of the molecule is CCOc1ccc2oc(C(=O)N/N=C/c3c[nH]c4ccccc34)cc2c1. The first-order chi connectivity index (χ1) is 12.7. The first-order valence-corrected chi connectivity index (χ1v) is 8.30. The van der Waals surface area contributed by atoms with Gasteiger partial charge in [0.2, 0.25) is 0 Å². The second-order valence-electron chi connectivity index (χ2n) is 5.73. The third-order valence-corrected chi connectivity index (χ3v) is 4.01. The van der Waals surface area contributed by atoms with Crippen LogP contribution in [0.3, 0.4) is 0 Å². The highest BCUT2D eigenvalue weighted by molar-refractivity contribution is 6.00. The number of furan rings is 1. The molecule has 0 radical (unpaired) electrons. The lowest BCUT2D eigenvalue weighted by Crippen LogP contribution is -2.16. The van der Waals surface area contributed by atoms with E-state index in [-0.39, 0.29) is 5.76 Å². The van der Waals surface area contributed by atoms with Gasteiger partial charge in [-0.15, -0.1) is 0 Å². The topological polar surface area (TPSA) is 79.6 Å². The number of amides is 1. The van der Waals surface area contributed by atoms with Gasteiger partial charge in [-0.2, -0.15) is 5.10 Å². The van der Waals surface area contributed by atoms with Crippen molar-refractivity contribution in [2.45, 2.75) is 6.92 Å². The first kappa shape index (κ1) is 16.0. The third kappa shape index (κ3) is 3.04. The van der Waals surface area contributed by atoms with Crippen molar-refractivity contribution in [3.63, 3.8) is 0 Å². The van der Waals surface area contributed by atoms with Crippen LogP contribution in [-0.2, 0) is 0 Å². The molecule has 1 amide bonds. The van der Waals surface area contributed by atoms with E-state index in [9.17, 15) is 4.79 Å². The summed E-state index contributed by atoms with van der Waals surface area (Å²) in [6.07, 6.45) is 3.45. The Labute approximate surface area is 149 Å². The second kappa shape index (κ2) is 6.76. The number of ether oxygens (including phenoxy) is 1. The van der Waals surface area contributed by atoms with Crippen molar-refractivity contribution in [2.24, 2.45) is 5.10 Å². The van der Waals surface area contributed by atoms with Crippen LogP contribution in [0.1, 0.15) is 23.0 Å². The van der Waals surface area contributed by atoms with Gasteiger partial charge >= 0.3 is 5.91 Å². The molecular weight excluding hydrogens is 330 g/mol. The van der Waals surface area contributed by atoms with Crippen LogP contribution in [0.4, 0.5) is 0 Å².